The van der Waals surface area contributed by atoms with Gasteiger partial charge in [-0.15, -0.1) is 11.8 Å². The van der Waals surface area contributed by atoms with E-state index in [-0.39, 0.29) is 17.0 Å². The molecule has 138 valence electrons. The number of carbonyl (C=O) groups excluding carboxylic acids is 1. The number of phenolic OH excluding ortho intramolecular Hbond substituents is 1. The standard InChI is InChI=1S/C21H25NO3S/c1-13-9-14(2)20(15(3)10-13)21-22(19(24)12-26-21)8-7-16-5-6-17(23)18(11-16)25-4/h5-6,9-11,21,23H,7-8,12H2,1-4H3. The second-order valence-corrected chi connectivity index (χ2v) is 7.89. The van der Waals surface area contributed by atoms with Gasteiger partial charge in [-0.05, 0) is 61.6 Å². The van der Waals surface area contributed by atoms with Crippen molar-refractivity contribution in [1.29, 1.82) is 0 Å². The van der Waals surface area contributed by atoms with Crippen LogP contribution in [0.4, 0.5) is 0 Å². The quantitative estimate of drug-likeness (QED) is 0.858. The van der Waals surface area contributed by atoms with E-state index in [4.69, 9.17) is 4.74 Å². The van der Waals surface area contributed by atoms with E-state index < -0.39 is 0 Å². The van der Waals surface area contributed by atoms with Crippen molar-refractivity contribution < 1.29 is 14.6 Å². The molecule has 0 aromatic heterocycles. The fourth-order valence-electron chi connectivity index (χ4n) is 3.64. The van der Waals surface area contributed by atoms with Crippen LogP contribution in [0.5, 0.6) is 11.5 Å². The highest BCUT2D eigenvalue weighted by molar-refractivity contribution is 8.00. The maximum Gasteiger partial charge on any atom is 0.233 e. The van der Waals surface area contributed by atoms with Gasteiger partial charge in [0.15, 0.2) is 11.5 Å². The molecule has 1 saturated heterocycles. The molecule has 1 heterocycles. The van der Waals surface area contributed by atoms with Gasteiger partial charge in [0.1, 0.15) is 5.37 Å². The highest BCUT2D eigenvalue weighted by Gasteiger charge is 2.34. The van der Waals surface area contributed by atoms with E-state index in [1.54, 1.807) is 24.9 Å². The van der Waals surface area contributed by atoms with Gasteiger partial charge in [-0.1, -0.05) is 23.8 Å². The Morgan fingerprint density at radius 2 is 1.88 bits per heavy atom. The maximum atomic E-state index is 12.5. The highest BCUT2D eigenvalue weighted by atomic mass is 32.2. The van der Waals surface area contributed by atoms with Crippen LogP contribution in [-0.2, 0) is 11.2 Å². The molecule has 0 bridgehead atoms. The summed E-state index contributed by atoms with van der Waals surface area (Å²) in [6.07, 6.45) is 0.726. The van der Waals surface area contributed by atoms with Crippen molar-refractivity contribution in [2.45, 2.75) is 32.6 Å². The predicted molar refractivity (Wildman–Crippen MR) is 106 cm³/mol. The summed E-state index contributed by atoms with van der Waals surface area (Å²) in [6, 6.07) is 9.73. The molecule has 1 aliphatic rings. The number of ether oxygens (including phenoxy) is 1. The lowest BCUT2D eigenvalue weighted by Crippen LogP contribution is -2.31. The minimum Gasteiger partial charge on any atom is -0.504 e. The number of amides is 1. The second-order valence-electron chi connectivity index (χ2n) is 6.82. The zero-order chi connectivity index (χ0) is 18.8. The number of aryl methyl sites for hydroxylation is 3. The third kappa shape index (κ3) is 3.68. The van der Waals surface area contributed by atoms with Crippen LogP contribution in [-0.4, -0.2) is 35.3 Å². The van der Waals surface area contributed by atoms with Gasteiger partial charge >= 0.3 is 0 Å². The van der Waals surface area contributed by atoms with Gasteiger partial charge in [0.2, 0.25) is 5.91 Å². The Morgan fingerprint density at radius 3 is 2.54 bits per heavy atom. The summed E-state index contributed by atoms with van der Waals surface area (Å²) < 4.78 is 5.18. The fraction of sp³-hybridized carbons (Fsp3) is 0.381. The number of rotatable bonds is 5. The van der Waals surface area contributed by atoms with Crippen molar-refractivity contribution in [3.8, 4) is 11.5 Å². The summed E-state index contributed by atoms with van der Waals surface area (Å²) in [5.41, 5.74) is 6.04. The van der Waals surface area contributed by atoms with Crippen molar-refractivity contribution in [2.24, 2.45) is 0 Å². The monoisotopic (exact) mass is 371 g/mol. The molecule has 0 aliphatic carbocycles. The molecule has 0 spiro atoms. The van der Waals surface area contributed by atoms with E-state index in [2.05, 4.69) is 32.9 Å². The van der Waals surface area contributed by atoms with Crippen molar-refractivity contribution in [3.63, 3.8) is 0 Å². The molecule has 1 unspecified atom stereocenters. The number of methoxy groups -OCH3 is 1. The lowest BCUT2D eigenvalue weighted by atomic mass is 9.99. The number of hydrogen-bond acceptors (Lipinski definition) is 4. The molecular formula is C21H25NO3S. The number of benzene rings is 2. The summed E-state index contributed by atoms with van der Waals surface area (Å²) in [6.45, 7) is 7.01. The first-order chi connectivity index (χ1) is 12.4. The Balaban J connectivity index is 1.81. The van der Waals surface area contributed by atoms with E-state index in [1.807, 2.05) is 17.0 Å². The van der Waals surface area contributed by atoms with Gasteiger partial charge in [-0.3, -0.25) is 4.79 Å². The SMILES string of the molecule is COc1cc(CCN2C(=O)CSC2c2c(C)cc(C)cc2C)ccc1O. The van der Waals surface area contributed by atoms with E-state index >= 15 is 0 Å². The van der Waals surface area contributed by atoms with Crippen LogP contribution >= 0.6 is 11.8 Å². The minimum atomic E-state index is 0.0714. The largest absolute Gasteiger partial charge is 0.504 e. The Hall–Kier alpha value is -2.14. The van der Waals surface area contributed by atoms with Crippen LogP contribution in [0.25, 0.3) is 0 Å². The highest BCUT2D eigenvalue weighted by Crippen LogP contribution is 2.41. The van der Waals surface area contributed by atoms with Crippen LogP contribution in [0.1, 0.15) is 33.2 Å². The molecule has 2 aromatic carbocycles. The first-order valence-corrected chi connectivity index (χ1v) is 9.80. The Labute approximate surface area is 159 Å². The molecule has 1 amide bonds. The van der Waals surface area contributed by atoms with E-state index in [1.165, 1.54) is 22.3 Å². The Morgan fingerprint density at radius 1 is 1.19 bits per heavy atom. The van der Waals surface area contributed by atoms with Crippen LogP contribution in [0.2, 0.25) is 0 Å². The van der Waals surface area contributed by atoms with E-state index in [0.29, 0.717) is 18.0 Å². The Kier molecular flexibility index (Phi) is 5.47. The molecular weight excluding hydrogens is 346 g/mol. The lowest BCUT2D eigenvalue weighted by Gasteiger charge is -2.27. The lowest BCUT2D eigenvalue weighted by molar-refractivity contribution is -0.128. The summed E-state index contributed by atoms with van der Waals surface area (Å²) in [5.74, 6) is 1.31. The number of carbonyl (C=O) groups is 1. The van der Waals surface area contributed by atoms with Crippen molar-refractivity contribution in [2.75, 3.05) is 19.4 Å². The molecule has 0 saturated carbocycles. The third-order valence-electron chi connectivity index (χ3n) is 4.84. The number of nitrogens with zero attached hydrogens (tertiary/aromatic N) is 1. The van der Waals surface area contributed by atoms with Crippen LogP contribution in [0.3, 0.4) is 0 Å². The smallest absolute Gasteiger partial charge is 0.233 e. The number of phenols is 1. The second kappa shape index (κ2) is 7.62. The summed E-state index contributed by atoms with van der Waals surface area (Å²) in [4.78, 5) is 14.5. The van der Waals surface area contributed by atoms with Crippen molar-refractivity contribution >= 4 is 17.7 Å². The average molecular weight is 372 g/mol. The van der Waals surface area contributed by atoms with Crippen LogP contribution < -0.4 is 4.74 Å². The molecule has 3 rings (SSSR count). The number of thioether (sulfide) groups is 1. The molecule has 1 aliphatic heterocycles. The van der Waals surface area contributed by atoms with E-state index in [0.717, 1.165) is 12.0 Å². The molecule has 0 radical (unpaired) electrons. The molecule has 5 heteroatoms. The molecule has 1 atom stereocenters. The Bertz CT molecular complexity index is 811. The summed E-state index contributed by atoms with van der Waals surface area (Å²) in [7, 11) is 1.54. The van der Waals surface area contributed by atoms with Crippen LogP contribution in [0, 0.1) is 20.8 Å². The number of hydrogen-bond donors (Lipinski definition) is 1. The van der Waals surface area contributed by atoms with Crippen molar-refractivity contribution in [3.05, 3.63) is 58.1 Å². The van der Waals surface area contributed by atoms with Crippen molar-refractivity contribution in [1.82, 2.24) is 4.90 Å². The third-order valence-corrected chi connectivity index (χ3v) is 6.06. The van der Waals surface area contributed by atoms with Crippen LogP contribution in [0.15, 0.2) is 30.3 Å². The normalized spacial score (nSPS) is 17.0. The van der Waals surface area contributed by atoms with Gasteiger partial charge in [0.25, 0.3) is 0 Å². The van der Waals surface area contributed by atoms with Gasteiger partial charge in [-0.25, -0.2) is 0 Å². The number of aromatic hydroxyl groups is 1. The van der Waals surface area contributed by atoms with E-state index in [9.17, 15) is 9.90 Å². The topological polar surface area (TPSA) is 49.8 Å². The zero-order valence-electron chi connectivity index (χ0n) is 15.7. The first-order valence-electron chi connectivity index (χ1n) is 8.75. The van der Waals surface area contributed by atoms with Gasteiger partial charge in [0.05, 0.1) is 12.9 Å². The molecule has 2 aromatic rings. The summed E-state index contributed by atoms with van der Waals surface area (Å²) >= 11 is 1.70. The summed E-state index contributed by atoms with van der Waals surface area (Å²) in [5, 5.41) is 9.81. The van der Waals surface area contributed by atoms with Gasteiger partial charge in [0, 0.05) is 6.54 Å². The molecule has 4 nitrogen and oxygen atoms in total. The first kappa shape index (κ1) is 18.6. The maximum absolute atomic E-state index is 12.5. The zero-order valence-corrected chi connectivity index (χ0v) is 16.5. The van der Waals surface area contributed by atoms with Gasteiger partial charge < -0.3 is 14.7 Å². The fourth-order valence-corrected chi connectivity index (χ4v) is 5.05. The molecule has 1 N–H and O–H groups in total. The average Bonchev–Trinajstić information content (AvgIpc) is 2.94. The van der Waals surface area contributed by atoms with Gasteiger partial charge in [-0.2, -0.15) is 0 Å². The molecule has 1 fully saturated rings. The molecule has 26 heavy (non-hydrogen) atoms. The minimum absolute atomic E-state index is 0.0714. The predicted octanol–water partition coefficient (Wildman–Crippen LogP) is 4.14.